The summed E-state index contributed by atoms with van der Waals surface area (Å²) in [5, 5.41) is 9.38. The Morgan fingerprint density at radius 1 is 1.18 bits per heavy atom. The van der Waals surface area contributed by atoms with Gasteiger partial charge < -0.3 is 9.47 Å². The molecule has 28 heavy (non-hydrogen) atoms. The first-order valence-corrected chi connectivity index (χ1v) is 8.95. The molecule has 144 valence electrons. The summed E-state index contributed by atoms with van der Waals surface area (Å²) in [5.74, 6) is 1.11. The Morgan fingerprint density at radius 3 is 2.68 bits per heavy atom. The van der Waals surface area contributed by atoms with Crippen LogP contribution in [-0.2, 0) is 4.74 Å². The molecule has 0 atom stereocenters. The highest BCUT2D eigenvalue weighted by Crippen LogP contribution is 2.33. The van der Waals surface area contributed by atoms with Crippen molar-refractivity contribution < 1.29 is 14.3 Å². The summed E-state index contributed by atoms with van der Waals surface area (Å²) in [7, 11) is 1.58. The van der Waals surface area contributed by atoms with Crippen LogP contribution in [0, 0.1) is 0 Å². The number of hydrogen-bond donors (Lipinski definition) is 0. The van der Waals surface area contributed by atoms with Crippen molar-refractivity contribution in [2.45, 2.75) is 26.4 Å². The zero-order valence-corrected chi connectivity index (χ0v) is 16.6. The van der Waals surface area contributed by atoms with Crippen molar-refractivity contribution in [2.24, 2.45) is 0 Å². The molecule has 0 saturated carbocycles. The van der Waals surface area contributed by atoms with Gasteiger partial charge in [-0.05, 0) is 50.6 Å². The molecule has 8 nitrogen and oxygen atoms in total. The van der Waals surface area contributed by atoms with Crippen LogP contribution < -0.4 is 4.74 Å². The molecule has 0 aliphatic heterocycles. The predicted molar refractivity (Wildman–Crippen MR) is 105 cm³/mol. The van der Waals surface area contributed by atoms with Crippen LogP contribution in [0.25, 0.3) is 27.9 Å². The minimum Gasteiger partial charge on any atom is -0.497 e. The molecule has 0 unspecified atom stereocenters. The molecule has 4 aromatic rings. The van der Waals surface area contributed by atoms with Crippen molar-refractivity contribution in [3.05, 3.63) is 41.9 Å². The molecule has 9 heteroatoms. The number of hydrogen-bond acceptors (Lipinski definition) is 6. The second kappa shape index (κ2) is 6.49. The largest absolute Gasteiger partial charge is 0.497 e. The minimum absolute atomic E-state index is 0.221. The number of methoxy groups -OCH3 is 1. The minimum atomic E-state index is -0.630. The van der Waals surface area contributed by atoms with Crippen LogP contribution in [0.2, 0.25) is 5.28 Å². The fourth-order valence-corrected chi connectivity index (χ4v) is 3.18. The maximum atomic E-state index is 12.8. The van der Waals surface area contributed by atoms with E-state index in [1.165, 1.54) is 4.57 Å². The Bertz CT molecular complexity index is 1210. The lowest BCUT2D eigenvalue weighted by Gasteiger charge is -2.19. The number of carbonyl (C=O) groups is 1. The summed E-state index contributed by atoms with van der Waals surface area (Å²) >= 11 is 6.27. The number of nitrogens with zero attached hydrogens (tertiary/aromatic N) is 5. The average molecular weight is 400 g/mol. The molecule has 3 heterocycles. The van der Waals surface area contributed by atoms with E-state index in [1.807, 2.05) is 26.8 Å². The second-order valence-corrected chi connectivity index (χ2v) is 7.55. The Labute approximate surface area is 165 Å². The van der Waals surface area contributed by atoms with Crippen LogP contribution in [0.4, 0.5) is 4.79 Å². The SMILES string of the molecule is COc1ccc2c(c1)c(-c1nnc3ccnc(Cl)n13)cn2C(=O)OC(C)(C)C. The van der Waals surface area contributed by atoms with E-state index in [2.05, 4.69) is 15.2 Å². The smallest absolute Gasteiger partial charge is 0.419 e. The summed E-state index contributed by atoms with van der Waals surface area (Å²) in [6.07, 6.45) is 2.73. The van der Waals surface area contributed by atoms with Gasteiger partial charge in [0.05, 0.1) is 12.6 Å². The van der Waals surface area contributed by atoms with Gasteiger partial charge in [-0.2, -0.15) is 0 Å². The molecule has 0 fully saturated rings. The Hall–Kier alpha value is -3.13. The van der Waals surface area contributed by atoms with E-state index in [4.69, 9.17) is 21.1 Å². The third-order valence-corrected chi connectivity index (χ3v) is 4.39. The molecule has 1 aromatic carbocycles. The van der Waals surface area contributed by atoms with E-state index < -0.39 is 11.7 Å². The van der Waals surface area contributed by atoms with E-state index in [9.17, 15) is 4.79 Å². The summed E-state index contributed by atoms with van der Waals surface area (Å²) in [6, 6.07) is 7.11. The lowest BCUT2D eigenvalue weighted by Crippen LogP contribution is -2.26. The Kier molecular flexibility index (Phi) is 4.23. The molecule has 0 amide bonds. The number of benzene rings is 1. The van der Waals surface area contributed by atoms with Gasteiger partial charge >= 0.3 is 6.09 Å². The lowest BCUT2D eigenvalue weighted by molar-refractivity contribution is 0.0544. The van der Waals surface area contributed by atoms with Gasteiger partial charge in [-0.15, -0.1) is 10.2 Å². The van der Waals surface area contributed by atoms with Crippen LogP contribution in [0.15, 0.2) is 36.7 Å². The Balaban J connectivity index is 1.99. The van der Waals surface area contributed by atoms with Crippen molar-refractivity contribution >= 4 is 34.2 Å². The summed E-state index contributed by atoms with van der Waals surface area (Å²) in [4.78, 5) is 16.9. The van der Waals surface area contributed by atoms with E-state index in [1.54, 1.807) is 42.1 Å². The van der Waals surface area contributed by atoms with E-state index in [0.29, 0.717) is 28.3 Å². The highest BCUT2D eigenvalue weighted by molar-refractivity contribution is 6.28. The highest BCUT2D eigenvalue weighted by atomic mass is 35.5. The monoisotopic (exact) mass is 399 g/mol. The molecule has 3 aromatic heterocycles. The van der Waals surface area contributed by atoms with Crippen molar-refractivity contribution in [2.75, 3.05) is 7.11 Å². The second-order valence-electron chi connectivity index (χ2n) is 7.21. The zero-order chi connectivity index (χ0) is 20.1. The van der Waals surface area contributed by atoms with Gasteiger partial charge in [0.15, 0.2) is 11.5 Å². The number of rotatable bonds is 2. The molecule has 0 spiro atoms. The summed E-state index contributed by atoms with van der Waals surface area (Å²) in [5.41, 5.74) is 1.23. The van der Waals surface area contributed by atoms with Crippen LogP contribution in [0.1, 0.15) is 20.8 Å². The summed E-state index contributed by atoms with van der Waals surface area (Å²) in [6.45, 7) is 5.45. The maximum absolute atomic E-state index is 12.8. The highest BCUT2D eigenvalue weighted by Gasteiger charge is 2.23. The first kappa shape index (κ1) is 18.2. The zero-order valence-electron chi connectivity index (χ0n) is 15.8. The van der Waals surface area contributed by atoms with Crippen LogP contribution in [0.3, 0.4) is 0 Å². The van der Waals surface area contributed by atoms with Crippen LogP contribution in [0.5, 0.6) is 5.75 Å². The van der Waals surface area contributed by atoms with Gasteiger partial charge in [-0.3, -0.25) is 4.57 Å². The molecule has 0 radical (unpaired) electrons. The molecule has 0 bridgehead atoms. The van der Waals surface area contributed by atoms with Crippen LogP contribution >= 0.6 is 11.6 Å². The lowest BCUT2D eigenvalue weighted by atomic mass is 10.1. The van der Waals surface area contributed by atoms with Crippen molar-refractivity contribution in [3.8, 4) is 17.1 Å². The topological polar surface area (TPSA) is 83.5 Å². The van der Waals surface area contributed by atoms with E-state index >= 15 is 0 Å². The van der Waals surface area contributed by atoms with Gasteiger partial charge in [0.25, 0.3) is 0 Å². The van der Waals surface area contributed by atoms with Gasteiger partial charge in [0, 0.05) is 29.4 Å². The number of aromatic nitrogens is 5. The number of ether oxygens (including phenoxy) is 2. The molecular formula is C19H18ClN5O3. The molecule has 0 N–H and O–H groups in total. The molecular weight excluding hydrogens is 382 g/mol. The first-order chi connectivity index (χ1) is 13.3. The fourth-order valence-electron chi connectivity index (χ4n) is 2.96. The maximum Gasteiger partial charge on any atom is 0.419 e. The van der Waals surface area contributed by atoms with Gasteiger partial charge in [-0.1, -0.05) is 0 Å². The third-order valence-electron chi connectivity index (χ3n) is 4.12. The fraction of sp³-hybridized carbons (Fsp3) is 0.263. The number of halogens is 1. The standard InChI is InChI=1S/C19H18ClN5O3/c1-19(2,3)28-18(26)24-10-13(12-9-11(27-4)5-6-14(12)24)16-23-22-15-7-8-21-17(20)25(15)16/h5-10H,1-4H3. The third kappa shape index (κ3) is 3.05. The summed E-state index contributed by atoms with van der Waals surface area (Å²) < 4.78 is 14.0. The number of carbonyl (C=O) groups excluding carboxylic acids is 1. The first-order valence-electron chi connectivity index (χ1n) is 8.57. The molecule has 0 aliphatic rings. The van der Waals surface area contributed by atoms with Crippen molar-refractivity contribution in [1.82, 2.24) is 24.1 Å². The van der Waals surface area contributed by atoms with E-state index in [0.717, 1.165) is 5.39 Å². The van der Waals surface area contributed by atoms with Gasteiger partial charge in [0.2, 0.25) is 5.28 Å². The van der Waals surface area contributed by atoms with Crippen molar-refractivity contribution in [1.29, 1.82) is 0 Å². The Morgan fingerprint density at radius 2 is 1.96 bits per heavy atom. The molecule has 4 rings (SSSR count). The quantitative estimate of drug-likeness (QED) is 0.470. The van der Waals surface area contributed by atoms with Crippen LogP contribution in [-0.4, -0.2) is 43.0 Å². The van der Waals surface area contributed by atoms with Crippen molar-refractivity contribution in [3.63, 3.8) is 0 Å². The molecule has 0 aliphatic carbocycles. The van der Waals surface area contributed by atoms with Gasteiger partial charge in [-0.25, -0.2) is 14.2 Å². The normalized spacial score (nSPS) is 11.9. The molecule has 0 saturated heterocycles. The average Bonchev–Trinajstić information content (AvgIpc) is 3.21. The predicted octanol–water partition coefficient (Wildman–Crippen LogP) is 4.19. The van der Waals surface area contributed by atoms with Gasteiger partial charge in [0.1, 0.15) is 11.4 Å². The van der Waals surface area contributed by atoms with E-state index in [-0.39, 0.29) is 5.28 Å². The number of fused-ring (bicyclic) bond motifs is 2.